The highest BCUT2D eigenvalue weighted by Gasteiger charge is 2.16. The van der Waals surface area contributed by atoms with E-state index < -0.39 is 6.10 Å². The van der Waals surface area contributed by atoms with Crippen LogP contribution in [0.15, 0.2) is 42.5 Å². The largest absolute Gasteiger partial charge is 0.454 e. The molecular weight excluding hydrogens is 264 g/mol. The molecule has 3 nitrogen and oxygen atoms in total. The van der Waals surface area contributed by atoms with Crippen molar-refractivity contribution in [1.82, 2.24) is 0 Å². The Bertz CT molecular complexity index is 580. The molecule has 0 spiro atoms. The fourth-order valence-electron chi connectivity index (χ4n) is 2.08. The second kappa shape index (κ2) is 5.11. The second-order valence-electron chi connectivity index (χ2n) is 4.46. The predicted molar refractivity (Wildman–Crippen MR) is 72.7 cm³/mol. The summed E-state index contributed by atoms with van der Waals surface area (Å²) in [5.41, 5.74) is 1.86. The zero-order valence-corrected chi connectivity index (χ0v) is 10.9. The number of hydrogen-bond acceptors (Lipinski definition) is 3. The van der Waals surface area contributed by atoms with Crippen molar-refractivity contribution in [2.75, 3.05) is 6.79 Å². The van der Waals surface area contributed by atoms with Gasteiger partial charge in [0, 0.05) is 11.4 Å². The first-order chi connectivity index (χ1) is 9.22. The van der Waals surface area contributed by atoms with E-state index in [-0.39, 0.29) is 6.79 Å². The van der Waals surface area contributed by atoms with Crippen molar-refractivity contribution in [1.29, 1.82) is 0 Å². The summed E-state index contributed by atoms with van der Waals surface area (Å²) < 4.78 is 10.6. The zero-order chi connectivity index (χ0) is 13.2. The molecule has 4 heteroatoms. The minimum atomic E-state index is -0.573. The van der Waals surface area contributed by atoms with Crippen LogP contribution in [-0.2, 0) is 6.42 Å². The number of hydrogen-bond donors (Lipinski definition) is 1. The van der Waals surface area contributed by atoms with Crippen molar-refractivity contribution in [2.24, 2.45) is 0 Å². The number of aliphatic hydroxyl groups is 1. The molecule has 1 aliphatic heterocycles. The molecule has 0 amide bonds. The van der Waals surface area contributed by atoms with Gasteiger partial charge in [-0.05, 0) is 35.4 Å². The molecule has 1 N–H and O–H groups in total. The van der Waals surface area contributed by atoms with E-state index in [1.54, 1.807) is 0 Å². The van der Waals surface area contributed by atoms with E-state index in [0.717, 1.165) is 16.9 Å². The first kappa shape index (κ1) is 12.3. The predicted octanol–water partition coefficient (Wildman–Crippen LogP) is 3.34. The SMILES string of the molecule is OC(Cc1ccc(Cl)cc1)c1ccc2c(c1)OCO2. The molecule has 0 bridgehead atoms. The van der Waals surface area contributed by atoms with Gasteiger partial charge in [-0.15, -0.1) is 0 Å². The normalized spacial score (nSPS) is 14.4. The molecule has 0 aromatic heterocycles. The van der Waals surface area contributed by atoms with Crippen LogP contribution < -0.4 is 9.47 Å². The van der Waals surface area contributed by atoms with Crippen LogP contribution in [0, 0.1) is 0 Å². The number of fused-ring (bicyclic) bond motifs is 1. The summed E-state index contributed by atoms with van der Waals surface area (Å²) in [6, 6.07) is 13.0. The summed E-state index contributed by atoms with van der Waals surface area (Å²) >= 11 is 5.84. The summed E-state index contributed by atoms with van der Waals surface area (Å²) in [4.78, 5) is 0. The molecule has 1 atom stereocenters. The average Bonchev–Trinajstić information content (AvgIpc) is 2.88. The minimum Gasteiger partial charge on any atom is -0.454 e. The number of benzene rings is 2. The zero-order valence-electron chi connectivity index (χ0n) is 10.2. The van der Waals surface area contributed by atoms with E-state index >= 15 is 0 Å². The van der Waals surface area contributed by atoms with Crippen LogP contribution in [0.4, 0.5) is 0 Å². The third-order valence-electron chi connectivity index (χ3n) is 3.12. The van der Waals surface area contributed by atoms with Gasteiger partial charge in [0.2, 0.25) is 6.79 Å². The Labute approximate surface area is 116 Å². The molecule has 1 aliphatic rings. The molecule has 2 aromatic rings. The molecule has 0 aliphatic carbocycles. The molecule has 98 valence electrons. The first-order valence-electron chi connectivity index (χ1n) is 6.04. The van der Waals surface area contributed by atoms with Crippen LogP contribution in [0.2, 0.25) is 5.02 Å². The van der Waals surface area contributed by atoms with Crippen molar-refractivity contribution >= 4 is 11.6 Å². The number of rotatable bonds is 3. The molecule has 0 saturated heterocycles. The smallest absolute Gasteiger partial charge is 0.231 e. The lowest BCUT2D eigenvalue weighted by molar-refractivity contribution is 0.171. The Morgan fingerprint density at radius 2 is 1.79 bits per heavy atom. The topological polar surface area (TPSA) is 38.7 Å². The van der Waals surface area contributed by atoms with Gasteiger partial charge in [0.15, 0.2) is 11.5 Å². The molecule has 0 radical (unpaired) electrons. The molecule has 1 heterocycles. The van der Waals surface area contributed by atoms with Crippen molar-refractivity contribution < 1.29 is 14.6 Å². The minimum absolute atomic E-state index is 0.242. The highest BCUT2D eigenvalue weighted by atomic mass is 35.5. The quantitative estimate of drug-likeness (QED) is 0.934. The third kappa shape index (κ3) is 2.67. The average molecular weight is 277 g/mol. The molecule has 1 unspecified atom stereocenters. The Morgan fingerprint density at radius 1 is 1.05 bits per heavy atom. The highest BCUT2D eigenvalue weighted by molar-refractivity contribution is 6.30. The maximum atomic E-state index is 10.2. The molecule has 19 heavy (non-hydrogen) atoms. The maximum Gasteiger partial charge on any atom is 0.231 e. The first-order valence-corrected chi connectivity index (χ1v) is 6.42. The lowest BCUT2D eigenvalue weighted by Crippen LogP contribution is -2.01. The Balaban J connectivity index is 1.76. The summed E-state index contributed by atoms with van der Waals surface area (Å²) in [6.07, 6.45) is -0.0349. The van der Waals surface area contributed by atoms with Crippen molar-refractivity contribution in [2.45, 2.75) is 12.5 Å². The van der Waals surface area contributed by atoms with Crippen LogP contribution in [0.3, 0.4) is 0 Å². The van der Waals surface area contributed by atoms with Gasteiger partial charge in [0.1, 0.15) is 0 Å². The monoisotopic (exact) mass is 276 g/mol. The van der Waals surface area contributed by atoms with Crippen LogP contribution >= 0.6 is 11.6 Å². The van der Waals surface area contributed by atoms with Crippen molar-refractivity contribution in [3.63, 3.8) is 0 Å². The van der Waals surface area contributed by atoms with Gasteiger partial charge in [-0.3, -0.25) is 0 Å². The summed E-state index contributed by atoms with van der Waals surface area (Å²) in [6.45, 7) is 0.242. The lowest BCUT2D eigenvalue weighted by Gasteiger charge is -2.11. The van der Waals surface area contributed by atoms with Gasteiger partial charge in [-0.25, -0.2) is 0 Å². The van der Waals surface area contributed by atoms with E-state index in [2.05, 4.69) is 0 Å². The Hall–Kier alpha value is -1.71. The fraction of sp³-hybridized carbons (Fsp3) is 0.200. The van der Waals surface area contributed by atoms with Crippen LogP contribution in [0.1, 0.15) is 17.2 Å². The van der Waals surface area contributed by atoms with Crippen LogP contribution in [-0.4, -0.2) is 11.9 Å². The van der Waals surface area contributed by atoms with Gasteiger partial charge in [0.25, 0.3) is 0 Å². The van der Waals surface area contributed by atoms with E-state index in [9.17, 15) is 5.11 Å². The van der Waals surface area contributed by atoms with Crippen molar-refractivity contribution in [3.8, 4) is 11.5 Å². The molecule has 2 aromatic carbocycles. The number of aliphatic hydroxyl groups excluding tert-OH is 1. The Morgan fingerprint density at radius 3 is 2.58 bits per heavy atom. The molecule has 0 saturated carbocycles. The fourth-order valence-corrected chi connectivity index (χ4v) is 2.21. The van der Waals surface area contributed by atoms with Crippen LogP contribution in [0.25, 0.3) is 0 Å². The van der Waals surface area contributed by atoms with Crippen molar-refractivity contribution in [3.05, 3.63) is 58.6 Å². The lowest BCUT2D eigenvalue weighted by atomic mass is 10.0. The standard InChI is InChI=1S/C15H13ClO3/c16-12-4-1-10(2-5-12)7-13(17)11-3-6-14-15(8-11)19-9-18-14/h1-6,8,13,17H,7,9H2. The van der Waals surface area contributed by atoms with Gasteiger partial charge in [-0.1, -0.05) is 29.8 Å². The van der Waals surface area contributed by atoms with E-state index in [1.165, 1.54) is 0 Å². The number of ether oxygens (including phenoxy) is 2. The summed E-state index contributed by atoms with van der Waals surface area (Å²) in [5, 5.41) is 10.9. The van der Waals surface area contributed by atoms with E-state index in [4.69, 9.17) is 21.1 Å². The molecule has 3 rings (SSSR count). The van der Waals surface area contributed by atoms with Gasteiger partial charge < -0.3 is 14.6 Å². The Kier molecular flexibility index (Phi) is 3.32. The number of halogens is 1. The van der Waals surface area contributed by atoms with Crippen LogP contribution in [0.5, 0.6) is 11.5 Å². The van der Waals surface area contributed by atoms with E-state index in [1.807, 2.05) is 42.5 Å². The van der Waals surface area contributed by atoms with Gasteiger partial charge in [0.05, 0.1) is 6.10 Å². The summed E-state index contributed by atoms with van der Waals surface area (Å²) in [7, 11) is 0. The van der Waals surface area contributed by atoms with Gasteiger partial charge >= 0.3 is 0 Å². The van der Waals surface area contributed by atoms with E-state index in [0.29, 0.717) is 17.2 Å². The molecule has 0 fully saturated rings. The highest BCUT2D eigenvalue weighted by Crippen LogP contribution is 2.34. The van der Waals surface area contributed by atoms with Gasteiger partial charge in [-0.2, -0.15) is 0 Å². The second-order valence-corrected chi connectivity index (χ2v) is 4.90. The third-order valence-corrected chi connectivity index (χ3v) is 3.38. The summed E-state index contributed by atoms with van der Waals surface area (Å²) in [5.74, 6) is 1.41. The molecular formula is C15H13ClO3. The maximum absolute atomic E-state index is 10.2.